The molecule has 0 aromatic carbocycles. The summed E-state index contributed by atoms with van der Waals surface area (Å²) in [7, 11) is 0. The molecular formula is C8H15N. The molecule has 1 fully saturated rings. The van der Waals surface area contributed by atoms with Gasteiger partial charge in [0, 0.05) is 6.54 Å². The zero-order valence-corrected chi connectivity index (χ0v) is 6.11. The molecule has 0 atom stereocenters. The van der Waals surface area contributed by atoms with E-state index in [-0.39, 0.29) is 0 Å². The van der Waals surface area contributed by atoms with Gasteiger partial charge in [-0.05, 0) is 19.4 Å². The molecule has 1 heterocycles. The summed E-state index contributed by atoms with van der Waals surface area (Å²) in [6.45, 7) is 4.55. The van der Waals surface area contributed by atoms with Crippen LogP contribution in [0.1, 0.15) is 26.2 Å². The van der Waals surface area contributed by atoms with E-state index in [9.17, 15) is 0 Å². The Bertz CT molecular complexity index is 97.1. The van der Waals surface area contributed by atoms with Crippen LogP contribution in [0, 0.1) is 0 Å². The normalized spacial score (nSPS) is 23.4. The second kappa shape index (κ2) is 3.67. The SMILES string of the molecule is CCC/C=C1\CCNC1. The number of unbranched alkanes of at least 4 members (excludes halogenated alkanes) is 1. The first-order valence-corrected chi connectivity index (χ1v) is 3.82. The van der Waals surface area contributed by atoms with Crippen LogP contribution >= 0.6 is 0 Å². The van der Waals surface area contributed by atoms with Gasteiger partial charge in [-0.1, -0.05) is 25.0 Å². The van der Waals surface area contributed by atoms with Crippen molar-refractivity contribution in [2.75, 3.05) is 13.1 Å². The van der Waals surface area contributed by atoms with Crippen LogP contribution < -0.4 is 5.32 Å². The number of hydrogen-bond acceptors (Lipinski definition) is 1. The Morgan fingerprint density at radius 2 is 2.56 bits per heavy atom. The Kier molecular flexibility index (Phi) is 2.78. The Morgan fingerprint density at radius 3 is 3.11 bits per heavy atom. The molecule has 0 spiro atoms. The van der Waals surface area contributed by atoms with Gasteiger partial charge in [0.1, 0.15) is 0 Å². The number of hydrogen-bond donors (Lipinski definition) is 1. The molecule has 0 amide bonds. The highest BCUT2D eigenvalue weighted by atomic mass is 14.9. The van der Waals surface area contributed by atoms with Gasteiger partial charge >= 0.3 is 0 Å². The summed E-state index contributed by atoms with van der Waals surface area (Å²) < 4.78 is 0. The summed E-state index contributed by atoms with van der Waals surface area (Å²) in [6, 6.07) is 0. The Labute approximate surface area is 57.1 Å². The van der Waals surface area contributed by atoms with Gasteiger partial charge in [-0.25, -0.2) is 0 Å². The second-order valence-electron chi connectivity index (χ2n) is 2.58. The fraction of sp³-hybridized carbons (Fsp3) is 0.750. The number of nitrogens with one attached hydrogen (secondary N) is 1. The van der Waals surface area contributed by atoms with Gasteiger partial charge < -0.3 is 5.32 Å². The maximum Gasteiger partial charge on any atom is 0.0165 e. The van der Waals surface area contributed by atoms with Crippen molar-refractivity contribution in [3.63, 3.8) is 0 Å². The lowest BCUT2D eigenvalue weighted by molar-refractivity contribution is 0.862. The molecule has 52 valence electrons. The Morgan fingerprint density at radius 1 is 1.67 bits per heavy atom. The van der Waals surface area contributed by atoms with E-state index in [4.69, 9.17) is 0 Å². The number of allylic oxidation sites excluding steroid dienone is 1. The van der Waals surface area contributed by atoms with Gasteiger partial charge in [0.25, 0.3) is 0 Å². The van der Waals surface area contributed by atoms with E-state index in [1.54, 1.807) is 5.57 Å². The lowest BCUT2D eigenvalue weighted by atomic mass is 10.2. The molecular weight excluding hydrogens is 110 g/mol. The quantitative estimate of drug-likeness (QED) is 0.554. The van der Waals surface area contributed by atoms with Crippen LogP contribution in [0.4, 0.5) is 0 Å². The minimum atomic E-state index is 1.14. The third kappa shape index (κ3) is 2.19. The summed E-state index contributed by atoms with van der Waals surface area (Å²) in [4.78, 5) is 0. The lowest BCUT2D eigenvalue weighted by Crippen LogP contribution is -2.04. The van der Waals surface area contributed by atoms with Crippen molar-refractivity contribution < 1.29 is 0 Å². The van der Waals surface area contributed by atoms with E-state index < -0.39 is 0 Å². The molecule has 0 saturated carbocycles. The molecule has 0 bridgehead atoms. The maximum atomic E-state index is 3.31. The van der Waals surface area contributed by atoms with Crippen molar-refractivity contribution in [2.45, 2.75) is 26.2 Å². The summed E-state index contributed by atoms with van der Waals surface area (Å²) in [5.74, 6) is 0. The topological polar surface area (TPSA) is 12.0 Å². The predicted molar refractivity (Wildman–Crippen MR) is 40.5 cm³/mol. The standard InChI is InChI=1S/C8H15N/c1-2-3-4-8-5-6-9-7-8/h4,9H,2-3,5-7H2,1H3/b8-4+. The highest BCUT2D eigenvalue weighted by Crippen LogP contribution is 2.06. The van der Waals surface area contributed by atoms with Gasteiger partial charge in [0.05, 0.1) is 0 Å². The van der Waals surface area contributed by atoms with Crippen molar-refractivity contribution in [3.8, 4) is 0 Å². The summed E-state index contributed by atoms with van der Waals surface area (Å²) in [5, 5.41) is 3.31. The van der Waals surface area contributed by atoms with E-state index in [1.165, 1.54) is 25.8 Å². The third-order valence-electron chi connectivity index (χ3n) is 1.70. The van der Waals surface area contributed by atoms with Crippen LogP contribution in [0.2, 0.25) is 0 Å². The Hall–Kier alpha value is -0.300. The van der Waals surface area contributed by atoms with E-state index in [0.29, 0.717) is 0 Å². The van der Waals surface area contributed by atoms with Crippen LogP contribution in [0.5, 0.6) is 0 Å². The largest absolute Gasteiger partial charge is 0.313 e. The smallest absolute Gasteiger partial charge is 0.0165 e. The molecule has 1 saturated heterocycles. The zero-order valence-electron chi connectivity index (χ0n) is 6.11. The monoisotopic (exact) mass is 125 g/mol. The molecule has 1 aliphatic heterocycles. The van der Waals surface area contributed by atoms with Crippen LogP contribution in [0.25, 0.3) is 0 Å². The van der Waals surface area contributed by atoms with Crippen molar-refractivity contribution in [1.29, 1.82) is 0 Å². The molecule has 1 rings (SSSR count). The summed E-state index contributed by atoms with van der Waals surface area (Å²) >= 11 is 0. The zero-order chi connectivity index (χ0) is 6.53. The molecule has 1 heteroatoms. The lowest BCUT2D eigenvalue weighted by Gasteiger charge is -1.91. The average Bonchev–Trinajstić information content (AvgIpc) is 2.34. The van der Waals surface area contributed by atoms with Crippen LogP contribution in [-0.4, -0.2) is 13.1 Å². The molecule has 0 radical (unpaired) electrons. The Balaban J connectivity index is 2.22. The number of rotatable bonds is 2. The molecule has 0 aromatic rings. The van der Waals surface area contributed by atoms with Crippen LogP contribution in [0.3, 0.4) is 0 Å². The van der Waals surface area contributed by atoms with E-state index >= 15 is 0 Å². The summed E-state index contributed by atoms with van der Waals surface area (Å²) in [5.41, 5.74) is 1.61. The summed E-state index contributed by atoms with van der Waals surface area (Å²) in [6.07, 6.45) is 6.19. The third-order valence-corrected chi connectivity index (χ3v) is 1.70. The maximum absolute atomic E-state index is 3.31. The van der Waals surface area contributed by atoms with E-state index in [1.807, 2.05) is 0 Å². The fourth-order valence-electron chi connectivity index (χ4n) is 1.11. The van der Waals surface area contributed by atoms with Crippen molar-refractivity contribution >= 4 is 0 Å². The molecule has 9 heavy (non-hydrogen) atoms. The van der Waals surface area contributed by atoms with Crippen molar-refractivity contribution in [1.82, 2.24) is 5.32 Å². The predicted octanol–water partition coefficient (Wildman–Crippen LogP) is 1.71. The first kappa shape index (κ1) is 6.81. The van der Waals surface area contributed by atoms with Crippen LogP contribution in [-0.2, 0) is 0 Å². The van der Waals surface area contributed by atoms with Gasteiger partial charge in [-0.3, -0.25) is 0 Å². The fourth-order valence-corrected chi connectivity index (χ4v) is 1.11. The first-order valence-electron chi connectivity index (χ1n) is 3.82. The highest BCUT2D eigenvalue weighted by molar-refractivity contribution is 5.08. The van der Waals surface area contributed by atoms with Gasteiger partial charge in [-0.15, -0.1) is 0 Å². The highest BCUT2D eigenvalue weighted by Gasteiger charge is 2.02. The van der Waals surface area contributed by atoms with Crippen LogP contribution in [0.15, 0.2) is 11.6 Å². The van der Waals surface area contributed by atoms with Crippen molar-refractivity contribution in [2.24, 2.45) is 0 Å². The van der Waals surface area contributed by atoms with Gasteiger partial charge in [0.2, 0.25) is 0 Å². The second-order valence-corrected chi connectivity index (χ2v) is 2.58. The molecule has 0 unspecified atom stereocenters. The minimum absolute atomic E-state index is 1.14. The molecule has 1 nitrogen and oxygen atoms in total. The minimum Gasteiger partial charge on any atom is -0.313 e. The first-order chi connectivity index (χ1) is 4.43. The molecule has 1 aliphatic rings. The molecule has 0 aliphatic carbocycles. The average molecular weight is 125 g/mol. The molecule has 0 aromatic heterocycles. The van der Waals surface area contributed by atoms with E-state index in [0.717, 1.165) is 6.54 Å². The molecule has 1 N–H and O–H groups in total. The van der Waals surface area contributed by atoms with Gasteiger partial charge in [-0.2, -0.15) is 0 Å². The van der Waals surface area contributed by atoms with Crippen molar-refractivity contribution in [3.05, 3.63) is 11.6 Å². The van der Waals surface area contributed by atoms with Gasteiger partial charge in [0.15, 0.2) is 0 Å². The van der Waals surface area contributed by atoms with E-state index in [2.05, 4.69) is 18.3 Å².